The summed E-state index contributed by atoms with van der Waals surface area (Å²) in [5.41, 5.74) is 4.17. The summed E-state index contributed by atoms with van der Waals surface area (Å²) in [5.74, 6) is 0.683. The quantitative estimate of drug-likeness (QED) is 0.713. The summed E-state index contributed by atoms with van der Waals surface area (Å²) in [4.78, 5) is 16.2. The van der Waals surface area contributed by atoms with Crippen molar-refractivity contribution in [1.82, 2.24) is 10.2 Å². The van der Waals surface area contributed by atoms with E-state index >= 15 is 0 Å². The maximum Gasteiger partial charge on any atom is 0.252 e. The minimum absolute atomic E-state index is 0.0152. The third-order valence-electron chi connectivity index (χ3n) is 7.05. The van der Waals surface area contributed by atoms with Crippen molar-refractivity contribution in [3.05, 3.63) is 70.8 Å². The van der Waals surface area contributed by atoms with Crippen LogP contribution in [0.25, 0.3) is 0 Å². The van der Waals surface area contributed by atoms with E-state index in [2.05, 4.69) is 54.4 Å². The van der Waals surface area contributed by atoms with Crippen molar-refractivity contribution in [1.29, 1.82) is 0 Å². The zero-order valence-corrected chi connectivity index (χ0v) is 18.2. The van der Waals surface area contributed by atoms with Crippen molar-refractivity contribution >= 4 is 5.91 Å². The molecule has 2 aliphatic heterocycles. The molecule has 2 fully saturated rings. The predicted molar refractivity (Wildman–Crippen MR) is 119 cm³/mol. The maximum atomic E-state index is 13.5. The molecule has 1 amide bonds. The van der Waals surface area contributed by atoms with E-state index in [-0.39, 0.29) is 17.5 Å². The molecular formula is C26H34N2O. The second kappa shape index (κ2) is 7.95. The van der Waals surface area contributed by atoms with E-state index in [0.29, 0.717) is 12.0 Å². The molecule has 2 aromatic rings. The summed E-state index contributed by atoms with van der Waals surface area (Å²) in [6.45, 7) is 9.78. The van der Waals surface area contributed by atoms with Gasteiger partial charge in [-0.05, 0) is 62.1 Å². The molecule has 2 bridgehead atoms. The van der Waals surface area contributed by atoms with Crippen LogP contribution in [0, 0.1) is 19.8 Å². The number of carbonyl (C=O) groups is 1. The van der Waals surface area contributed by atoms with Crippen LogP contribution in [-0.2, 0) is 0 Å². The molecule has 3 heteroatoms. The number of benzene rings is 2. The lowest BCUT2D eigenvalue weighted by atomic mass is 9.78. The Labute approximate surface area is 175 Å². The Balaban J connectivity index is 1.73. The molecule has 29 heavy (non-hydrogen) atoms. The first-order chi connectivity index (χ1) is 13.9. The van der Waals surface area contributed by atoms with Crippen LogP contribution in [0.2, 0.25) is 0 Å². The van der Waals surface area contributed by atoms with E-state index in [1.807, 2.05) is 32.0 Å². The van der Waals surface area contributed by atoms with E-state index < -0.39 is 0 Å². The van der Waals surface area contributed by atoms with Gasteiger partial charge in [-0.3, -0.25) is 9.69 Å². The zero-order valence-electron chi connectivity index (χ0n) is 18.2. The number of fused-ring (bicyclic) bond motifs is 2. The Hall–Kier alpha value is -2.13. The fourth-order valence-corrected chi connectivity index (χ4v) is 5.79. The van der Waals surface area contributed by atoms with Gasteiger partial charge in [0.05, 0.1) is 6.04 Å². The van der Waals surface area contributed by atoms with Crippen molar-refractivity contribution in [3.63, 3.8) is 0 Å². The van der Waals surface area contributed by atoms with E-state index in [1.54, 1.807) is 0 Å². The number of nitrogens with zero attached hydrogens (tertiary/aromatic N) is 1. The Kier molecular flexibility index (Phi) is 5.52. The van der Waals surface area contributed by atoms with Crippen LogP contribution >= 0.6 is 0 Å². The van der Waals surface area contributed by atoms with Gasteiger partial charge >= 0.3 is 0 Å². The molecule has 1 atom stereocenters. The average Bonchev–Trinajstić information content (AvgIpc) is 3.21. The highest BCUT2D eigenvalue weighted by Crippen LogP contribution is 2.53. The average molecular weight is 391 g/mol. The Morgan fingerprint density at radius 1 is 1.03 bits per heavy atom. The fourth-order valence-electron chi connectivity index (χ4n) is 5.79. The number of rotatable bonds is 6. The van der Waals surface area contributed by atoms with Crippen LogP contribution in [0.3, 0.4) is 0 Å². The highest BCUT2D eigenvalue weighted by atomic mass is 16.1. The van der Waals surface area contributed by atoms with E-state index in [0.717, 1.165) is 36.1 Å². The second-order valence-corrected chi connectivity index (χ2v) is 9.46. The molecule has 0 aromatic heterocycles. The SMILES string of the molecule is Cc1cccc(C)c1C(=O)NC(c1ccccc1)C12CCC(CC1)N2CC(C)C. The van der Waals surface area contributed by atoms with Gasteiger partial charge in [-0.15, -0.1) is 0 Å². The molecule has 2 heterocycles. The van der Waals surface area contributed by atoms with E-state index in [4.69, 9.17) is 0 Å². The molecule has 4 rings (SSSR count). The predicted octanol–water partition coefficient (Wildman–Crippen LogP) is 5.43. The molecule has 1 unspecified atom stereocenters. The first-order valence-corrected chi connectivity index (χ1v) is 11.1. The highest BCUT2D eigenvalue weighted by molar-refractivity contribution is 5.97. The van der Waals surface area contributed by atoms with Crippen LogP contribution < -0.4 is 5.32 Å². The topological polar surface area (TPSA) is 32.3 Å². The fraction of sp³-hybridized carbons (Fsp3) is 0.500. The van der Waals surface area contributed by atoms with E-state index in [1.165, 1.54) is 18.4 Å². The Morgan fingerprint density at radius 3 is 2.24 bits per heavy atom. The van der Waals surface area contributed by atoms with Crippen molar-refractivity contribution in [3.8, 4) is 0 Å². The maximum absolute atomic E-state index is 13.5. The lowest BCUT2D eigenvalue weighted by molar-refractivity contribution is 0.0742. The van der Waals surface area contributed by atoms with Crippen molar-refractivity contribution in [2.45, 2.75) is 71.0 Å². The zero-order chi connectivity index (χ0) is 20.6. The van der Waals surface area contributed by atoms with Gasteiger partial charge in [0.15, 0.2) is 0 Å². The number of aryl methyl sites for hydroxylation is 2. The Bertz CT molecular complexity index is 845. The third-order valence-corrected chi connectivity index (χ3v) is 7.05. The first-order valence-electron chi connectivity index (χ1n) is 11.1. The standard InChI is InChI=1S/C26H34N2O/c1-18(2)17-28-22-13-15-26(28,16-14-22)24(21-11-6-5-7-12-21)27-25(29)23-19(3)9-8-10-20(23)4/h5-12,18,22,24H,13-17H2,1-4H3,(H,27,29). The largest absolute Gasteiger partial charge is 0.343 e. The molecule has 2 aromatic carbocycles. The van der Waals surface area contributed by atoms with Gasteiger partial charge in [-0.2, -0.15) is 0 Å². The summed E-state index contributed by atoms with van der Waals surface area (Å²) >= 11 is 0. The van der Waals surface area contributed by atoms with Crippen LogP contribution in [0.4, 0.5) is 0 Å². The smallest absolute Gasteiger partial charge is 0.252 e. The number of carbonyl (C=O) groups excluding carboxylic acids is 1. The van der Waals surface area contributed by atoms with Gasteiger partial charge in [0, 0.05) is 23.7 Å². The van der Waals surface area contributed by atoms with Gasteiger partial charge in [0.1, 0.15) is 0 Å². The van der Waals surface area contributed by atoms with Crippen LogP contribution in [0.5, 0.6) is 0 Å². The number of amides is 1. The van der Waals surface area contributed by atoms with Gasteiger partial charge in [-0.25, -0.2) is 0 Å². The summed E-state index contributed by atoms with van der Waals surface area (Å²) in [6, 6.07) is 17.4. The molecule has 3 nitrogen and oxygen atoms in total. The molecule has 0 aliphatic carbocycles. The molecule has 0 radical (unpaired) electrons. The summed E-state index contributed by atoms with van der Waals surface area (Å²) in [6.07, 6.45) is 4.82. The number of hydrogen-bond donors (Lipinski definition) is 1. The summed E-state index contributed by atoms with van der Waals surface area (Å²) < 4.78 is 0. The van der Waals surface area contributed by atoms with Gasteiger partial charge in [-0.1, -0.05) is 62.4 Å². The van der Waals surface area contributed by atoms with E-state index in [9.17, 15) is 4.79 Å². The highest BCUT2D eigenvalue weighted by Gasteiger charge is 2.56. The molecular weight excluding hydrogens is 356 g/mol. The minimum atomic E-state index is 0.0152. The van der Waals surface area contributed by atoms with Crippen molar-refractivity contribution in [2.75, 3.05) is 6.54 Å². The lowest BCUT2D eigenvalue weighted by Gasteiger charge is -2.43. The van der Waals surface area contributed by atoms with Crippen LogP contribution in [0.1, 0.15) is 72.6 Å². The normalized spacial score (nSPS) is 24.8. The molecule has 0 spiro atoms. The van der Waals surface area contributed by atoms with Gasteiger partial charge in [0.2, 0.25) is 0 Å². The Morgan fingerprint density at radius 2 is 1.66 bits per heavy atom. The van der Waals surface area contributed by atoms with Crippen LogP contribution in [-0.4, -0.2) is 28.9 Å². The number of nitrogens with one attached hydrogen (secondary N) is 1. The first kappa shape index (κ1) is 20.2. The molecule has 1 N–H and O–H groups in total. The van der Waals surface area contributed by atoms with Crippen molar-refractivity contribution < 1.29 is 4.79 Å². The van der Waals surface area contributed by atoms with Crippen molar-refractivity contribution in [2.24, 2.45) is 5.92 Å². The number of hydrogen-bond acceptors (Lipinski definition) is 2. The monoisotopic (exact) mass is 390 g/mol. The molecule has 0 saturated carbocycles. The van der Waals surface area contributed by atoms with Crippen LogP contribution in [0.15, 0.2) is 48.5 Å². The molecule has 2 saturated heterocycles. The van der Waals surface area contributed by atoms with Gasteiger partial charge < -0.3 is 5.32 Å². The summed E-state index contributed by atoms with van der Waals surface area (Å²) in [5, 5.41) is 3.51. The molecule has 2 aliphatic rings. The van der Waals surface area contributed by atoms with Gasteiger partial charge in [0.25, 0.3) is 5.91 Å². The lowest BCUT2D eigenvalue weighted by Crippen LogP contribution is -2.53. The third kappa shape index (κ3) is 3.61. The summed E-state index contributed by atoms with van der Waals surface area (Å²) in [7, 11) is 0. The minimum Gasteiger partial charge on any atom is -0.343 e. The molecule has 154 valence electrons. The second-order valence-electron chi connectivity index (χ2n) is 9.46.